The molecule has 4 rings (SSSR count). The molecule has 0 radical (unpaired) electrons. The fourth-order valence-electron chi connectivity index (χ4n) is 4.23. The molecular weight excluding hydrogens is 462 g/mol. The Kier molecular flexibility index (Phi) is 7.95. The average molecular weight is 494 g/mol. The number of hydrogen-bond donors (Lipinski definition) is 0. The van der Waals surface area contributed by atoms with E-state index in [0.717, 1.165) is 16.7 Å². The average Bonchev–Trinajstić information content (AvgIpc) is 2.90. The number of carbonyl (C=O) groups is 1. The summed E-state index contributed by atoms with van der Waals surface area (Å²) < 4.78 is 33.7. The summed E-state index contributed by atoms with van der Waals surface area (Å²) >= 11 is 0. The van der Waals surface area contributed by atoms with Crippen LogP contribution in [0.4, 0.5) is 0 Å². The van der Waals surface area contributed by atoms with Gasteiger partial charge in [0.15, 0.2) is 0 Å². The van der Waals surface area contributed by atoms with E-state index in [0.29, 0.717) is 56.9 Å². The van der Waals surface area contributed by atoms with Gasteiger partial charge >= 0.3 is 0 Å². The molecule has 1 amide bonds. The Morgan fingerprint density at radius 2 is 1.80 bits per heavy atom. The molecular formula is C27H31N3O4S. The second-order valence-corrected chi connectivity index (χ2v) is 10.5. The zero-order chi connectivity index (χ0) is 24.8. The minimum absolute atomic E-state index is 0.199. The molecule has 1 aliphatic rings. The van der Waals surface area contributed by atoms with Gasteiger partial charge in [0.05, 0.1) is 18.1 Å². The number of hydrogen-bond acceptors (Lipinski definition) is 5. The third kappa shape index (κ3) is 5.78. The molecule has 0 aliphatic carbocycles. The van der Waals surface area contributed by atoms with E-state index in [4.69, 9.17) is 4.74 Å². The van der Waals surface area contributed by atoms with Crippen molar-refractivity contribution in [2.24, 2.45) is 0 Å². The van der Waals surface area contributed by atoms with Gasteiger partial charge in [0.1, 0.15) is 0 Å². The first-order valence-corrected chi connectivity index (χ1v) is 13.3. The summed E-state index contributed by atoms with van der Waals surface area (Å²) in [6.45, 7) is 6.06. The van der Waals surface area contributed by atoms with Gasteiger partial charge in [0.25, 0.3) is 5.91 Å². The van der Waals surface area contributed by atoms with Crippen molar-refractivity contribution in [3.8, 4) is 0 Å². The molecule has 1 saturated heterocycles. The van der Waals surface area contributed by atoms with Crippen molar-refractivity contribution in [1.29, 1.82) is 0 Å². The molecule has 3 aromatic rings. The van der Waals surface area contributed by atoms with E-state index in [9.17, 15) is 13.2 Å². The fraction of sp³-hybridized carbons (Fsp3) is 0.333. The smallest absolute Gasteiger partial charge is 0.254 e. The standard InChI is InChI=1S/C27H31N3O4S/c1-3-23-10-11-24(17-26(23)35(32,33)30-13-15-34-16-14-30)27(31)29(19-22-8-6-12-28-18-22)20-25-9-5-4-7-21(25)2/h4-12,17-18H,3,13-16,19-20H2,1-2H3. The fourth-order valence-corrected chi connectivity index (χ4v) is 5.96. The normalized spacial score (nSPS) is 14.6. The summed E-state index contributed by atoms with van der Waals surface area (Å²) in [6.07, 6.45) is 3.99. The monoisotopic (exact) mass is 493 g/mol. The Hall–Kier alpha value is -3.07. The number of aromatic nitrogens is 1. The molecule has 8 heteroatoms. The van der Waals surface area contributed by atoms with Gasteiger partial charge in [-0.2, -0.15) is 4.31 Å². The van der Waals surface area contributed by atoms with Crippen LogP contribution in [0.3, 0.4) is 0 Å². The van der Waals surface area contributed by atoms with Crippen molar-refractivity contribution in [2.75, 3.05) is 26.3 Å². The predicted molar refractivity (Wildman–Crippen MR) is 134 cm³/mol. The largest absolute Gasteiger partial charge is 0.379 e. The molecule has 0 unspecified atom stereocenters. The summed E-state index contributed by atoms with van der Waals surface area (Å²) in [5, 5.41) is 0. The number of ether oxygens (including phenoxy) is 1. The maximum atomic E-state index is 13.8. The Morgan fingerprint density at radius 3 is 2.49 bits per heavy atom. The van der Waals surface area contributed by atoms with Crippen molar-refractivity contribution in [2.45, 2.75) is 38.3 Å². The SMILES string of the molecule is CCc1ccc(C(=O)N(Cc2cccnc2)Cc2ccccc2C)cc1S(=O)(=O)N1CCOCC1. The Labute approximate surface area is 207 Å². The van der Waals surface area contributed by atoms with Crippen molar-refractivity contribution < 1.29 is 17.9 Å². The second kappa shape index (κ2) is 11.1. The Morgan fingerprint density at radius 1 is 1.03 bits per heavy atom. The summed E-state index contributed by atoms with van der Waals surface area (Å²) in [6, 6.07) is 16.8. The Balaban J connectivity index is 1.70. The predicted octanol–water partition coefficient (Wildman–Crippen LogP) is 3.82. The van der Waals surface area contributed by atoms with Crippen LogP contribution in [0.25, 0.3) is 0 Å². The lowest BCUT2D eigenvalue weighted by Crippen LogP contribution is -2.41. The first-order valence-electron chi connectivity index (χ1n) is 11.8. The van der Waals surface area contributed by atoms with Gasteiger partial charge < -0.3 is 9.64 Å². The maximum absolute atomic E-state index is 13.8. The lowest BCUT2D eigenvalue weighted by atomic mass is 10.1. The number of benzene rings is 2. The Bertz CT molecular complexity index is 1270. The highest BCUT2D eigenvalue weighted by Crippen LogP contribution is 2.25. The number of carbonyl (C=O) groups excluding carboxylic acids is 1. The molecule has 184 valence electrons. The number of rotatable bonds is 8. The van der Waals surface area contributed by atoms with Crippen LogP contribution in [0.2, 0.25) is 0 Å². The van der Waals surface area contributed by atoms with Gasteiger partial charge in [-0.05, 0) is 53.8 Å². The van der Waals surface area contributed by atoms with Crippen LogP contribution >= 0.6 is 0 Å². The summed E-state index contributed by atoms with van der Waals surface area (Å²) in [5.41, 5.74) is 4.09. The van der Waals surface area contributed by atoms with Crippen molar-refractivity contribution >= 4 is 15.9 Å². The highest BCUT2D eigenvalue weighted by Gasteiger charge is 2.29. The van der Waals surface area contributed by atoms with E-state index in [1.165, 1.54) is 4.31 Å². The minimum Gasteiger partial charge on any atom is -0.379 e. The molecule has 1 aromatic heterocycles. The third-order valence-electron chi connectivity index (χ3n) is 6.29. The van der Waals surface area contributed by atoms with Gasteiger partial charge in [-0.15, -0.1) is 0 Å². The number of pyridine rings is 1. The van der Waals surface area contributed by atoms with Gasteiger partial charge in [-0.25, -0.2) is 8.42 Å². The molecule has 0 bridgehead atoms. The molecule has 0 N–H and O–H groups in total. The zero-order valence-corrected chi connectivity index (χ0v) is 21.0. The number of nitrogens with zero attached hydrogens (tertiary/aromatic N) is 3. The highest BCUT2D eigenvalue weighted by molar-refractivity contribution is 7.89. The van der Waals surface area contributed by atoms with Crippen molar-refractivity contribution in [3.63, 3.8) is 0 Å². The summed E-state index contributed by atoms with van der Waals surface area (Å²) in [5.74, 6) is -0.224. The van der Waals surface area contributed by atoms with Crippen molar-refractivity contribution in [3.05, 3.63) is 94.8 Å². The van der Waals surface area contributed by atoms with Gasteiger partial charge in [0, 0.05) is 44.1 Å². The van der Waals surface area contributed by atoms with Gasteiger partial charge in [0.2, 0.25) is 10.0 Å². The van der Waals surface area contributed by atoms with Crippen LogP contribution in [0.15, 0.2) is 71.9 Å². The molecule has 35 heavy (non-hydrogen) atoms. The molecule has 0 spiro atoms. The number of morpholine rings is 1. The van der Waals surface area contributed by atoms with E-state index < -0.39 is 10.0 Å². The molecule has 2 aromatic carbocycles. The van der Waals surface area contributed by atoms with Crippen LogP contribution in [0.1, 0.15) is 39.5 Å². The quantitative estimate of drug-likeness (QED) is 0.477. The molecule has 1 aliphatic heterocycles. The van der Waals surface area contributed by atoms with Crippen LogP contribution < -0.4 is 0 Å². The molecule has 7 nitrogen and oxygen atoms in total. The molecule has 2 heterocycles. The second-order valence-electron chi connectivity index (χ2n) is 8.64. The highest BCUT2D eigenvalue weighted by atomic mass is 32.2. The van der Waals surface area contributed by atoms with Crippen LogP contribution in [-0.4, -0.2) is 54.8 Å². The number of aryl methyl sites for hydroxylation is 2. The summed E-state index contributed by atoms with van der Waals surface area (Å²) in [4.78, 5) is 19.9. The maximum Gasteiger partial charge on any atom is 0.254 e. The summed E-state index contributed by atoms with van der Waals surface area (Å²) in [7, 11) is -3.74. The van der Waals surface area contributed by atoms with Crippen LogP contribution in [0.5, 0.6) is 0 Å². The van der Waals surface area contributed by atoms with Crippen molar-refractivity contribution in [1.82, 2.24) is 14.2 Å². The first kappa shape index (κ1) is 25.0. The zero-order valence-electron chi connectivity index (χ0n) is 20.2. The van der Waals surface area contributed by atoms with E-state index in [-0.39, 0.29) is 10.8 Å². The topological polar surface area (TPSA) is 79.8 Å². The number of amides is 1. The van der Waals surface area contributed by atoms with Gasteiger partial charge in [-0.1, -0.05) is 43.3 Å². The van der Waals surface area contributed by atoms with Crippen LogP contribution in [-0.2, 0) is 34.3 Å². The third-order valence-corrected chi connectivity index (χ3v) is 8.27. The van der Waals surface area contributed by atoms with Crippen LogP contribution in [0, 0.1) is 6.92 Å². The van der Waals surface area contributed by atoms with E-state index >= 15 is 0 Å². The molecule has 0 saturated carbocycles. The molecule has 1 fully saturated rings. The van der Waals surface area contributed by atoms with E-state index in [1.807, 2.05) is 50.2 Å². The number of sulfonamides is 1. The lowest BCUT2D eigenvalue weighted by Gasteiger charge is -2.28. The van der Waals surface area contributed by atoms with E-state index in [1.54, 1.807) is 35.5 Å². The van der Waals surface area contributed by atoms with Gasteiger partial charge in [-0.3, -0.25) is 9.78 Å². The lowest BCUT2D eigenvalue weighted by molar-refractivity contribution is 0.0725. The minimum atomic E-state index is -3.74. The van der Waals surface area contributed by atoms with E-state index in [2.05, 4.69) is 4.98 Å². The molecule has 0 atom stereocenters. The first-order chi connectivity index (χ1) is 16.9.